The molecule has 4 heterocycles. The first-order chi connectivity index (χ1) is 19.5. The Morgan fingerprint density at radius 1 is 1.15 bits per heavy atom. The van der Waals surface area contributed by atoms with Crippen LogP contribution in [-0.4, -0.2) is 53.0 Å². The van der Waals surface area contributed by atoms with Crippen LogP contribution in [0.3, 0.4) is 0 Å². The highest BCUT2D eigenvalue weighted by molar-refractivity contribution is 5.96. The van der Waals surface area contributed by atoms with Crippen molar-refractivity contribution in [3.8, 4) is 17.0 Å². The maximum Gasteiger partial charge on any atom is 0.255 e. The molecule has 2 aromatic carbocycles. The number of nitrogens with two attached hydrogens (primary N) is 1. The molecule has 4 aromatic rings. The zero-order valence-corrected chi connectivity index (χ0v) is 22.3. The molecule has 0 aliphatic carbocycles. The molecule has 0 bridgehead atoms. The minimum absolute atomic E-state index is 0.106. The van der Waals surface area contributed by atoms with E-state index in [1.165, 1.54) is 0 Å². The van der Waals surface area contributed by atoms with Crippen LogP contribution in [0.4, 0.5) is 11.8 Å². The van der Waals surface area contributed by atoms with Crippen LogP contribution < -0.4 is 26.0 Å². The Kier molecular flexibility index (Phi) is 6.61. The SMILES string of the molecule is COc1ccccc1C(=O)NCc1ccc(-c2nc(N3CCC4(CCNC4=C=O)CC3)n3ccnc(N)c23)cc1. The van der Waals surface area contributed by atoms with Gasteiger partial charge in [0.25, 0.3) is 5.91 Å². The number of fused-ring (bicyclic) bond motifs is 1. The fourth-order valence-electron chi connectivity index (χ4n) is 5.88. The number of imidazole rings is 1. The van der Waals surface area contributed by atoms with Gasteiger partial charge in [-0.3, -0.25) is 9.20 Å². The maximum absolute atomic E-state index is 12.7. The second-order valence-corrected chi connectivity index (χ2v) is 10.3. The lowest BCUT2D eigenvalue weighted by Crippen LogP contribution is -2.41. The molecule has 204 valence electrons. The van der Waals surface area contributed by atoms with Crippen LogP contribution >= 0.6 is 0 Å². The van der Waals surface area contributed by atoms with Crippen LogP contribution in [0.2, 0.25) is 0 Å². The summed E-state index contributed by atoms with van der Waals surface area (Å²) in [5.41, 5.74) is 10.8. The van der Waals surface area contributed by atoms with Gasteiger partial charge in [-0.1, -0.05) is 36.4 Å². The van der Waals surface area contributed by atoms with Crippen molar-refractivity contribution in [2.24, 2.45) is 5.41 Å². The Hall–Kier alpha value is -4.82. The molecule has 1 spiro atoms. The number of ether oxygens (including phenoxy) is 1. The van der Waals surface area contributed by atoms with Crippen LogP contribution in [0.25, 0.3) is 16.8 Å². The number of carbonyl (C=O) groups excluding carboxylic acids is 2. The number of nitrogens with one attached hydrogen (secondary N) is 2. The van der Waals surface area contributed by atoms with E-state index in [4.69, 9.17) is 15.5 Å². The number of rotatable bonds is 6. The molecular weight excluding hydrogens is 506 g/mol. The van der Waals surface area contributed by atoms with Gasteiger partial charge in [0.15, 0.2) is 0 Å². The van der Waals surface area contributed by atoms with Crippen LogP contribution in [0.15, 0.2) is 66.6 Å². The minimum atomic E-state index is -0.197. The Labute approximate surface area is 231 Å². The summed E-state index contributed by atoms with van der Waals surface area (Å²) in [6.07, 6.45) is 6.26. The number of nitrogens with zero attached hydrogens (tertiary/aromatic N) is 4. The Balaban J connectivity index is 1.22. The highest BCUT2D eigenvalue weighted by Gasteiger charge is 2.43. The van der Waals surface area contributed by atoms with E-state index in [-0.39, 0.29) is 11.3 Å². The third kappa shape index (κ3) is 4.42. The number of piperidine rings is 1. The highest BCUT2D eigenvalue weighted by atomic mass is 16.5. The van der Waals surface area contributed by atoms with E-state index in [0.29, 0.717) is 29.4 Å². The number of carbonyl (C=O) groups is 1. The van der Waals surface area contributed by atoms with E-state index >= 15 is 0 Å². The number of benzene rings is 2. The van der Waals surface area contributed by atoms with E-state index in [0.717, 1.165) is 67.2 Å². The second-order valence-electron chi connectivity index (χ2n) is 10.3. The Morgan fingerprint density at radius 3 is 2.67 bits per heavy atom. The van der Waals surface area contributed by atoms with Gasteiger partial charge < -0.3 is 26.0 Å². The lowest BCUT2D eigenvalue weighted by molar-refractivity contribution is 0.0948. The lowest BCUT2D eigenvalue weighted by Gasteiger charge is -2.38. The molecule has 4 N–H and O–H groups in total. The van der Waals surface area contributed by atoms with Crippen molar-refractivity contribution in [1.82, 2.24) is 25.0 Å². The summed E-state index contributed by atoms with van der Waals surface area (Å²) in [6, 6.07) is 15.1. The molecule has 0 radical (unpaired) electrons. The zero-order chi connectivity index (χ0) is 27.7. The molecule has 10 nitrogen and oxygen atoms in total. The zero-order valence-electron chi connectivity index (χ0n) is 22.3. The van der Waals surface area contributed by atoms with Crippen LogP contribution in [0.1, 0.15) is 35.2 Å². The molecule has 0 unspecified atom stereocenters. The summed E-state index contributed by atoms with van der Waals surface area (Å²) in [5.74, 6) is 3.69. The van der Waals surface area contributed by atoms with Gasteiger partial charge in [0, 0.05) is 49.6 Å². The van der Waals surface area contributed by atoms with Crippen molar-refractivity contribution in [1.29, 1.82) is 0 Å². The summed E-state index contributed by atoms with van der Waals surface area (Å²) >= 11 is 0. The molecule has 2 aromatic heterocycles. The quantitative estimate of drug-likeness (QED) is 0.320. The summed E-state index contributed by atoms with van der Waals surface area (Å²) in [5, 5.41) is 6.17. The van der Waals surface area contributed by atoms with Crippen molar-refractivity contribution < 1.29 is 14.3 Å². The normalized spacial score (nSPS) is 16.1. The largest absolute Gasteiger partial charge is 0.496 e. The number of para-hydroxylation sites is 1. The number of hydrogen-bond donors (Lipinski definition) is 3. The molecule has 1 amide bonds. The van der Waals surface area contributed by atoms with E-state index in [9.17, 15) is 9.59 Å². The number of aromatic nitrogens is 3. The molecule has 2 aliphatic rings. The van der Waals surface area contributed by atoms with Crippen LogP contribution in [0, 0.1) is 5.41 Å². The van der Waals surface area contributed by atoms with Crippen LogP contribution in [0.5, 0.6) is 5.75 Å². The predicted molar refractivity (Wildman–Crippen MR) is 153 cm³/mol. The molecule has 0 saturated carbocycles. The van der Waals surface area contributed by atoms with Gasteiger partial charge in [-0.15, -0.1) is 0 Å². The third-order valence-corrected chi connectivity index (χ3v) is 8.14. The molecule has 2 fully saturated rings. The number of nitrogen functional groups attached to an aromatic ring is 1. The fourth-order valence-corrected chi connectivity index (χ4v) is 5.88. The number of amides is 1. The molecule has 2 saturated heterocycles. The summed E-state index contributed by atoms with van der Waals surface area (Å²) in [6.45, 7) is 2.75. The fraction of sp³-hybridized carbons (Fsp3) is 0.300. The lowest BCUT2D eigenvalue weighted by atomic mass is 9.76. The first kappa shape index (κ1) is 25.5. The third-order valence-electron chi connectivity index (χ3n) is 8.14. The number of allylic oxidation sites excluding steroid dienone is 1. The van der Waals surface area contributed by atoms with Gasteiger partial charge in [0.1, 0.15) is 34.4 Å². The number of hydrogen-bond acceptors (Lipinski definition) is 8. The topological polar surface area (TPSA) is 127 Å². The van der Waals surface area contributed by atoms with E-state index in [2.05, 4.69) is 26.5 Å². The molecule has 6 rings (SSSR count). The van der Waals surface area contributed by atoms with Crippen LogP contribution in [-0.2, 0) is 11.3 Å². The Bertz CT molecular complexity index is 1610. The Morgan fingerprint density at radius 2 is 1.93 bits per heavy atom. The van der Waals surface area contributed by atoms with Crippen molar-refractivity contribution in [3.05, 3.63) is 77.7 Å². The molecule has 40 heavy (non-hydrogen) atoms. The first-order valence-corrected chi connectivity index (χ1v) is 13.4. The molecule has 0 atom stereocenters. The van der Waals surface area contributed by atoms with Gasteiger partial charge in [-0.05, 0) is 37.0 Å². The minimum Gasteiger partial charge on any atom is -0.496 e. The average Bonchev–Trinajstić information content (AvgIpc) is 3.59. The average molecular weight is 538 g/mol. The monoisotopic (exact) mass is 537 g/mol. The van der Waals surface area contributed by atoms with Gasteiger partial charge in [0.05, 0.1) is 12.7 Å². The molecule has 10 heteroatoms. The van der Waals surface area contributed by atoms with Crippen molar-refractivity contribution >= 4 is 29.1 Å². The number of anilines is 2. The van der Waals surface area contributed by atoms with E-state index in [1.807, 2.05) is 47.0 Å². The first-order valence-electron chi connectivity index (χ1n) is 13.4. The van der Waals surface area contributed by atoms with Crippen molar-refractivity contribution in [2.75, 3.05) is 37.4 Å². The molecule has 2 aliphatic heterocycles. The van der Waals surface area contributed by atoms with Gasteiger partial charge >= 0.3 is 0 Å². The highest BCUT2D eigenvalue weighted by Crippen LogP contribution is 2.44. The van der Waals surface area contributed by atoms with E-state index in [1.54, 1.807) is 25.4 Å². The summed E-state index contributed by atoms with van der Waals surface area (Å²) < 4.78 is 7.30. The molecular formula is C30H31N7O3. The van der Waals surface area contributed by atoms with Gasteiger partial charge in [0.2, 0.25) is 5.95 Å². The summed E-state index contributed by atoms with van der Waals surface area (Å²) in [7, 11) is 1.55. The van der Waals surface area contributed by atoms with Crippen molar-refractivity contribution in [3.63, 3.8) is 0 Å². The predicted octanol–water partition coefficient (Wildman–Crippen LogP) is 3.21. The maximum atomic E-state index is 12.7. The van der Waals surface area contributed by atoms with E-state index < -0.39 is 0 Å². The summed E-state index contributed by atoms with van der Waals surface area (Å²) in [4.78, 5) is 35.8. The van der Waals surface area contributed by atoms with Gasteiger partial charge in [-0.25, -0.2) is 14.8 Å². The second kappa shape index (κ2) is 10.4. The standard InChI is InChI=1S/C30H31N7O3/c1-40-23-5-3-2-4-22(23)28(39)34-18-20-6-8-21(9-7-20)25-26-27(31)33-14-17-37(26)29(35-25)36-15-11-30(12-16-36)10-13-32-24(30)19-38/h2-9,14,17,32H,10-13,15-16,18H2,1H3,(H2,31,33)(H,34,39). The van der Waals surface area contributed by atoms with Crippen molar-refractivity contribution in [2.45, 2.75) is 25.8 Å². The number of methoxy groups -OCH3 is 1. The smallest absolute Gasteiger partial charge is 0.255 e. The van der Waals surface area contributed by atoms with Gasteiger partial charge in [-0.2, -0.15) is 0 Å².